The number of carbonyl (C=O) groups excluding carboxylic acids is 3. The Labute approximate surface area is 140 Å². The highest BCUT2D eigenvalue weighted by Gasteiger charge is 2.33. The van der Waals surface area contributed by atoms with E-state index in [4.69, 9.17) is 4.74 Å². The monoisotopic (exact) mass is 337 g/mol. The summed E-state index contributed by atoms with van der Waals surface area (Å²) in [5.74, 6) is -1.83. The van der Waals surface area contributed by atoms with Gasteiger partial charge in [0.05, 0.1) is 10.4 Å². The Kier molecular flexibility index (Phi) is 5.24. The van der Waals surface area contributed by atoms with Gasteiger partial charge in [-0.2, -0.15) is 0 Å². The van der Waals surface area contributed by atoms with E-state index in [9.17, 15) is 14.4 Å². The van der Waals surface area contributed by atoms with Gasteiger partial charge in [-0.1, -0.05) is 0 Å². The molecular formula is C17H23NO4S. The largest absolute Gasteiger partial charge is 0.456 e. The number of aryl methyl sites for hydroxylation is 1. The molecule has 1 N–H and O–H groups in total. The molecule has 1 aliphatic carbocycles. The number of carbonyl (C=O) groups is 3. The van der Waals surface area contributed by atoms with E-state index in [2.05, 4.69) is 5.32 Å². The number of Topliss-reactive ketones (excluding diaryl/α,β-unsaturated/α-hetero) is 1. The topological polar surface area (TPSA) is 72.5 Å². The Morgan fingerprint density at radius 3 is 2.43 bits per heavy atom. The molecule has 0 bridgehead atoms. The summed E-state index contributed by atoms with van der Waals surface area (Å²) in [4.78, 5) is 38.2. The first kappa shape index (κ1) is 17.7. The van der Waals surface area contributed by atoms with Crippen LogP contribution >= 0.6 is 11.3 Å². The number of nitrogens with one attached hydrogen (secondary N) is 1. The summed E-state index contributed by atoms with van der Waals surface area (Å²) in [7, 11) is 0. The van der Waals surface area contributed by atoms with Gasteiger partial charge in [0, 0.05) is 11.4 Å². The van der Waals surface area contributed by atoms with Crippen LogP contribution in [-0.4, -0.2) is 29.8 Å². The summed E-state index contributed by atoms with van der Waals surface area (Å²) < 4.78 is 5.46. The van der Waals surface area contributed by atoms with Gasteiger partial charge in [0.25, 0.3) is 11.7 Å². The molecule has 0 aliphatic heterocycles. The average molecular weight is 337 g/mol. The smallest absolute Gasteiger partial charge is 0.340 e. The second-order valence-electron chi connectivity index (χ2n) is 6.61. The lowest BCUT2D eigenvalue weighted by molar-refractivity contribution is -0.116. The van der Waals surface area contributed by atoms with Crippen molar-refractivity contribution in [2.24, 2.45) is 0 Å². The van der Waals surface area contributed by atoms with Crippen LogP contribution in [0, 0.1) is 0 Å². The molecule has 0 spiro atoms. The van der Waals surface area contributed by atoms with Crippen LogP contribution in [0.15, 0.2) is 0 Å². The Morgan fingerprint density at radius 2 is 1.83 bits per heavy atom. The number of esters is 1. The first-order chi connectivity index (χ1) is 10.7. The number of ether oxygens (including phenoxy) is 1. The fraction of sp³-hybridized carbons (Fsp3) is 0.588. The molecule has 1 amide bonds. The summed E-state index contributed by atoms with van der Waals surface area (Å²) in [6.45, 7) is 7.48. The van der Waals surface area contributed by atoms with E-state index in [1.807, 2.05) is 0 Å². The molecule has 0 aromatic carbocycles. The maximum Gasteiger partial charge on any atom is 0.340 e. The van der Waals surface area contributed by atoms with E-state index in [-0.39, 0.29) is 4.88 Å². The van der Waals surface area contributed by atoms with E-state index >= 15 is 0 Å². The average Bonchev–Trinajstić information content (AvgIpc) is 2.84. The number of thiophene rings is 1. The van der Waals surface area contributed by atoms with Crippen LogP contribution in [0.25, 0.3) is 0 Å². The van der Waals surface area contributed by atoms with Crippen LogP contribution in [0.4, 0.5) is 0 Å². The van der Waals surface area contributed by atoms with Crippen molar-refractivity contribution in [3.63, 3.8) is 0 Å². The SMILES string of the molecule is CCNC(=O)C(=O)c1sc2c(c1C(=O)OC(C)(C)C)CCCC2. The molecular weight excluding hydrogens is 314 g/mol. The van der Waals surface area contributed by atoms with Gasteiger partial charge in [0.1, 0.15) is 5.60 Å². The maximum atomic E-state index is 12.6. The molecule has 2 rings (SSSR count). The summed E-state index contributed by atoms with van der Waals surface area (Å²) in [6.07, 6.45) is 3.62. The van der Waals surface area contributed by atoms with Crippen LogP contribution in [0.1, 0.15) is 71.0 Å². The zero-order valence-corrected chi connectivity index (χ0v) is 14.9. The van der Waals surface area contributed by atoms with Gasteiger partial charge >= 0.3 is 5.97 Å². The van der Waals surface area contributed by atoms with E-state index in [1.54, 1.807) is 27.7 Å². The van der Waals surface area contributed by atoms with Crippen molar-refractivity contribution < 1.29 is 19.1 Å². The Hall–Kier alpha value is -1.69. The molecule has 126 valence electrons. The molecule has 0 radical (unpaired) electrons. The molecule has 0 saturated carbocycles. The highest BCUT2D eigenvalue weighted by Crippen LogP contribution is 2.36. The Balaban J connectivity index is 2.45. The summed E-state index contributed by atoms with van der Waals surface area (Å²) in [5.41, 5.74) is 0.547. The molecule has 1 heterocycles. The highest BCUT2D eigenvalue weighted by atomic mass is 32.1. The minimum absolute atomic E-state index is 0.220. The first-order valence-electron chi connectivity index (χ1n) is 7.95. The fourth-order valence-electron chi connectivity index (χ4n) is 2.61. The predicted octanol–water partition coefficient (Wildman–Crippen LogP) is 2.90. The van der Waals surface area contributed by atoms with Gasteiger partial charge in [-0.3, -0.25) is 9.59 Å². The second kappa shape index (κ2) is 6.83. The van der Waals surface area contributed by atoms with Crippen molar-refractivity contribution in [1.29, 1.82) is 0 Å². The first-order valence-corrected chi connectivity index (χ1v) is 8.76. The number of ketones is 1. The minimum Gasteiger partial charge on any atom is -0.456 e. The molecule has 1 aromatic rings. The molecule has 23 heavy (non-hydrogen) atoms. The van der Waals surface area contributed by atoms with E-state index in [0.717, 1.165) is 36.1 Å². The van der Waals surface area contributed by atoms with Crippen LogP contribution in [0.5, 0.6) is 0 Å². The lowest BCUT2D eigenvalue weighted by Crippen LogP contribution is -2.32. The van der Waals surface area contributed by atoms with Gasteiger partial charge in [0.2, 0.25) is 0 Å². The third-order valence-corrected chi connectivity index (χ3v) is 4.81. The summed E-state index contributed by atoms with van der Waals surface area (Å²) in [5, 5.41) is 2.50. The van der Waals surface area contributed by atoms with E-state index in [0.29, 0.717) is 12.1 Å². The molecule has 0 saturated heterocycles. The van der Waals surface area contributed by atoms with Gasteiger partial charge in [-0.15, -0.1) is 11.3 Å². The normalized spacial score (nSPS) is 14.1. The standard InChI is InChI=1S/C17H23NO4S/c1-5-18-15(20)13(19)14-12(16(21)22-17(2,3)4)10-8-6-7-9-11(10)23-14/h5-9H2,1-4H3,(H,18,20). The third-order valence-electron chi connectivity index (χ3n) is 3.52. The van der Waals surface area contributed by atoms with Crippen molar-refractivity contribution in [3.05, 3.63) is 20.9 Å². The van der Waals surface area contributed by atoms with Crippen molar-refractivity contribution in [2.45, 2.75) is 59.0 Å². The van der Waals surface area contributed by atoms with Gasteiger partial charge in [-0.25, -0.2) is 4.79 Å². The van der Waals surface area contributed by atoms with Crippen molar-refractivity contribution in [1.82, 2.24) is 5.32 Å². The van der Waals surface area contributed by atoms with Crippen molar-refractivity contribution in [3.8, 4) is 0 Å². The maximum absolute atomic E-state index is 12.6. The third kappa shape index (κ3) is 3.99. The summed E-state index contributed by atoms with van der Waals surface area (Å²) in [6, 6.07) is 0. The number of fused-ring (bicyclic) bond motifs is 1. The molecule has 0 unspecified atom stereocenters. The molecule has 6 heteroatoms. The van der Waals surface area contributed by atoms with Gasteiger partial charge < -0.3 is 10.1 Å². The molecule has 1 aliphatic rings. The molecule has 0 fully saturated rings. The van der Waals surface area contributed by atoms with E-state index < -0.39 is 23.3 Å². The number of rotatable bonds is 4. The predicted molar refractivity (Wildman–Crippen MR) is 89.1 cm³/mol. The quantitative estimate of drug-likeness (QED) is 0.521. The second-order valence-corrected chi connectivity index (χ2v) is 7.71. The van der Waals surface area contributed by atoms with Crippen LogP contribution in [-0.2, 0) is 22.4 Å². The van der Waals surface area contributed by atoms with E-state index in [1.165, 1.54) is 11.3 Å². The molecule has 5 nitrogen and oxygen atoms in total. The van der Waals surface area contributed by atoms with Gasteiger partial charge in [-0.05, 0) is 58.9 Å². The minimum atomic E-state index is -0.670. The number of amides is 1. The Morgan fingerprint density at radius 1 is 1.17 bits per heavy atom. The number of likely N-dealkylation sites (N-methyl/N-ethyl adjacent to an activating group) is 1. The van der Waals surface area contributed by atoms with Gasteiger partial charge in [0.15, 0.2) is 0 Å². The number of hydrogen-bond donors (Lipinski definition) is 1. The lowest BCUT2D eigenvalue weighted by atomic mass is 9.94. The van der Waals surface area contributed by atoms with Crippen LogP contribution in [0.3, 0.4) is 0 Å². The number of hydrogen-bond acceptors (Lipinski definition) is 5. The van der Waals surface area contributed by atoms with Crippen molar-refractivity contribution >= 4 is 29.0 Å². The lowest BCUT2D eigenvalue weighted by Gasteiger charge is -2.20. The van der Waals surface area contributed by atoms with Crippen LogP contribution in [0.2, 0.25) is 0 Å². The van der Waals surface area contributed by atoms with Crippen LogP contribution < -0.4 is 5.32 Å². The van der Waals surface area contributed by atoms with Crippen molar-refractivity contribution in [2.75, 3.05) is 6.54 Å². The zero-order valence-electron chi connectivity index (χ0n) is 14.1. The molecule has 0 atom stereocenters. The fourth-order valence-corrected chi connectivity index (χ4v) is 3.93. The highest BCUT2D eigenvalue weighted by molar-refractivity contribution is 7.15. The summed E-state index contributed by atoms with van der Waals surface area (Å²) >= 11 is 1.27. The Bertz CT molecular complexity index is 640. The zero-order chi connectivity index (χ0) is 17.2. The molecule has 1 aromatic heterocycles.